The molecule has 0 spiro atoms. The van der Waals surface area contributed by atoms with Gasteiger partial charge in [-0.25, -0.2) is 22.0 Å². The smallest absolute Gasteiger partial charge is 0.158 e. The van der Waals surface area contributed by atoms with E-state index in [1.54, 1.807) is 60.7 Å². The molecule has 2 aliphatic rings. The Labute approximate surface area is 488 Å². The standard InChI is InChI=1S/C18H19FO3.C13H10BrFO.C13H11FO2.C12H14BrFO2.C7H6BrFO/c19-17-12-16(22-15-6-2-1-3-7-15)10-9-14(17)13-21-18-8-4-5-11-20-18;14-9-10-6-7-12(8-13(10)15)16-11-4-2-1-3-5-11;14-13-8-12(7-6-10(13)9-15)16-11-4-2-1-3-5-11;13-10-5-4-9(11(14)7-10)8-16-12-3-1-2-6-15-12;8-6-2-1-5(4-10)7(9)3-6/h1-3,6-7,9-10,12,18H,4-5,8,11,13H2;1-8H,9H2;1-8,15H,9H2;4-5,7,12H,1-3,6,8H2;1-3,10H,4H2. The van der Waals surface area contributed by atoms with Crippen molar-refractivity contribution in [3.63, 3.8) is 0 Å². The molecule has 0 aliphatic carbocycles. The van der Waals surface area contributed by atoms with Gasteiger partial charge in [-0.1, -0.05) is 133 Å². The molecule has 8 aromatic carbocycles. The van der Waals surface area contributed by atoms with Crippen molar-refractivity contribution < 1.29 is 65.3 Å². The quantitative estimate of drug-likeness (QED) is 0.0767. The van der Waals surface area contributed by atoms with E-state index in [1.165, 1.54) is 36.4 Å². The van der Waals surface area contributed by atoms with Crippen molar-refractivity contribution in [3.05, 3.63) is 248 Å². The second kappa shape index (κ2) is 35.0. The van der Waals surface area contributed by atoms with E-state index in [0.717, 1.165) is 56.2 Å². The first-order chi connectivity index (χ1) is 38.9. The summed E-state index contributed by atoms with van der Waals surface area (Å²) >= 11 is 9.54. The highest BCUT2D eigenvalue weighted by Gasteiger charge is 2.17. The highest BCUT2D eigenvalue weighted by Crippen LogP contribution is 2.28. The third-order valence-electron chi connectivity index (χ3n) is 11.7. The summed E-state index contributed by atoms with van der Waals surface area (Å²) < 4.78 is 107. The Balaban J connectivity index is 0.000000164. The van der Waals surface area contributed by atoms with Crippen molar-refractivity contribution in [1.29, 1.82) is 0 Å². The van der Waals surface area contributed by atoms with Gasteiger partial charge in [-0.05, 0) is 123 Å². The lowest BCUT2D eigenvalue weighted by Crippen LogP contribution is -2.22. The average molecular weight is 1300 g/mol. The Bertz CT molecular complexity index is 2970. The van der Waals surface area contributed by atoms with Crippen LogP contribution in [-0.2, 0) is 50.7 Å². The molecule has 2 unspecified atom stereocenters. The molecular formula is C63H60Br3F5O9. The van der Waals surface area contributed by atoms with Gasteiger partial charge in [-0.2, -0.15) is 0 Å². The Morgan fingerprint density at radius 3 is 1.02 bits per heavy atom. The van der Waals surface area contributed by atoms with Crippen molar-refractivity contribution in [3.8, 4) is 34.5 Å². The average Bonchev–Trinajstić information content (AvgIpc) is 3.47. The van der Waals surface area contributed by atoms with Crippen LogP contribution in [-0.4, -0.2) is 36.0 Å². The second-order valence-corrected chi connectivity index (χ2v) is 20.0. The number of hydrogen-bond acceptors (Lipinski definition) is 9. The van der Waals surface area contributed by atoms with Gasteiger partial charge in [0, 0.05) is 67.9 Å². The third-order valence-corrected chi connectivity index (χ3v) is 13.2. The van der Waals surface area contributed by atoms with E-state index in [2.05, 4.69) is 47.8 Å². The number of ether oxygens (including phenoxy) is 7. The molecule has 2 heterocycles. The SMILES string of the molecule is Fc1cc(Br)ccc1COC1CCCCO1.Fc1cc(Oc2ccccc2)ccc1CBr.Fc1cc(Oc2ccccc2)ccc1COC1CCCCO1.OCc1ccc(Br)cc1F.OCc1ccc(Oc2ccccc2)cc1F. The van der Waals surface area contributed by atoms with Crippen LogP contribution in [0.5, 0.6) is 34.5 Å². The van der Waals surface area contributed by atoms with E-state index in [9.17, 15) is 22.0 Å². The molecule has 9 nitrogen and oxygen atoms in total. The van der Waals surface area contributed by atoms with Crippen molar-refractivity contribution in [2.45, 2.75) is 82.9 Å². The fraction of sp³-hybridized carbons (Fsp3) is 0.238. The van der Waals surface area contributed by atoms with Gasteiger partial charge in [0.1, 0.15) is 63.6 Å². The molecule has 2 N–H and O–H groups in total. The summed E-state index contributed by atoms with van der Waals surface area (Å²) in [5.41, 5.74) is 2.29. The largest absolute Gasteiger partial charge is 0.457 e. The molecule has 0 amide bonds. The normalized spacial score (nSPS) is 14.5. The minimum atomic E-state index is -0.462. The molecule has 2 aliphatic heterocycles. The number of para-hydroxylation sites is 3. The molecule has 0 aromatic heterocycles. The summed E-state index contributed by atoms with van der Waals surface area (Å²) in [6.07, 6.45) is 5.76. The molecule has 0 radical (unpaired) electrons. The van der Waals surface area contributed by atoms with E-state index in [0.29, 0.717) is 66.6 Å². The highest BCUT2D eigenvalue weighted by molar-refractivity contribution is 9.10. The number of alkyl halides is 1. The second-order valence-electron chi connectivity index (χ2n) is 17.6. The van der Waals surface area contributed by atoms with Crippen LogP contribution in [0.4, 0.5) is 22.0 Å². The van der Waals surface area contributed by atoms with Crippen LogP contribution < -0.4 is 14.2 Å². The van der Waals surface area contributed by atoms with E-state index in [1.807, 2.05) is 84.9 Å². The van der Waals surface area contributed by atoms with E-state index in [-0.39, 0.29) is 67.8 Å². The lowest BCUT2D eigenvalue weighted by molar-refractivity contribution is -0.169. The number of aliphatic hydroxyl groups excluding tert-OH is 2. The van der Waals surface area contributed by atoms with Gasteiger partial charge in [0.2, 0.25) is 0 Å². The predicted octanol–water partition coefficient (Wildman–Crippen LogP) is 18.0. The Kier molecular flexibility index (Phi) is 27.6. The molecule has 0 bridgehead atoms. The van der Waals surface area contributed by atoms with Gasteiger partial charge in [-0.3, -0.25) is 0 Å². The molecule has 10 rings (SSSR count). The summed E-state index contributed by atoms with van der Waals surface area (Å²) in [6, 6.07) is 51.4. The zero-order chi connectivity index (χ0) is 56.9. The molecule has 0 saturated carbocycles. The monoisotopic (exact) mass is 1290 g/mol. The van der Waals surface area contributed by atoms with Crippen LogP contribution in [0.3, 0.4) is 0 Å². The molecule has 2 saturated heterocycles. The fourth-order valence-corrected chi connectivity index (χ4v) is 8.46. The van der Waals surface area contributed by atoms with Crippen molar-refractivity contribution in [1.82, 2.24) is 0 Å². The first-order valence-corrected chi connectivity index (χ1v) is 28.3. The topological polar surface area (TPSA) is 105 Å². The number of aliphatic hydroxyl groups is 2. The maximum absolute atomic E-state index is 14.1. The van der Waals surface area contributed by atoms with Gasteiger partial charge >= 0.3 is 0 Å². The van der Waals surface area contributed by atoms with Crippen molar-refractivity contribution in [2.75, 3.05) is 13.2 Å². The van der Waals surface area contributed by atoms with Crippen LogP contribution in [0.25, 0.3) is 0 Å². The van der Waals surface area contributed by atoms with Gasteiger partial charge in [0.25, 0.3) is 0 Å². The lowest BCUT2D eigenvalue weighted by atomic mass is 10.2. The van der Waals surface area contributed by atoms with Gasteiger partial charge in [0.15, 0.2) is 12.6 Å². The van der Waals surface area contributed by atoms with Crippen LogP contribution >= 0.6 is 47.8 Å². The minimum Gasteiger partial charge on any atom is -0.457 e. The minimum absolute atomic E-state index is 0.170. The van der Waals surface area contributed by atoms with E-state index >= 15 is 0 Å². The molecule has 2 fully saturated rings. The maximum Gasteiger partial charge on any atom is 0.158 e. The Morgan fingerprint density at radius 1 is 0.388 bits per heavy atom. The molecule has 8 aromatic rings. The summed E-state index contributed by atoms with van der Waals surface area (Å²) in [6.45, 7) is 1.38. The fourth-order valence-electron chi connectivity index (χ4n) is 7.34. The number of rotatable bonds is 15. The maximum atomic E-state index is 14.1. The van der Waals surface area contributed by atoms with Crippen LogP contribution in [0, 0.1) is 29.1 Å². The summed E-state index contributed by atoms with van der Waals surface area (Å²) in [7, 11) is 0. The van der Waals surface area contributed by atoms with Crippen molar-refractivity contribution >= 4 is 47.8 Å². The highest BCUT2D eigenvalue weighted by atomic mass is 79.9. The first-order valence-electron chi connectivity index (χ1n) is 25.6. The Hall–Kier alpha value is -5.99. The van der Waals surface area contributed by atoms with Gasteiger partial charge < -0.3 is 43.4 Å². The van der Waals surface area contributed by atoms with Crippen LogP contribution in [0.1, 0.15) is 66.3 Å². The summed E-state index contributed by atoms with van der Waals surface area (Å²) in [5, 5.41) is 17.9. The van der Waals surface area contributed by atoms with Crippen LogP contribution in [0.2, 0.25) is 0 Å². The molecule has 2 atom stereocenters. The van der Waals surface area contributed by atoms with Crippen molar-refractivity contribution in [2.24, 2.45) is 0 Å². The van der Waals surface area contributed by atoms with E-state index < -0.39 is 5.82 Å². The predicted molar refractivity (Wildman–Crippen MR) is 308 cm³/mol. The number of hydrogen-bond donors (Lipinski definition) is 2. The zero-order valence-electron chi connectivity index (χ0n) is 43.4. The lowest BCUT2D eigenvalue weighted by Gasteiger charge is -2.22. The molecule has 422 valence electrons. The van der Waals surface area contributed by atoms with E-state index in [4.69, 9.17) is 43.4 Å². The number of halogens is 8. The van der Waals surface area contributed by atoms with Gasteiger partial charge in [0.05, 0.1) is 26.4 Å². The molecule has 17 heteroatoms. The summed E-state index contributed by atoms with van der Waals surface area (Å²) in [5.74, 6) is 1.76. The summed E-state index contributed by atoms with van der Waals surface area (Å²) in [4.78, 5) is 0. The zero-order valence-corrected chi connectivity index (χ0v) is 48.2. The third kappa shape index (κ3) is 22.5. The molecule has 80 heavy (non-hydrogen) atoms. The molecular weight excluding hydrogens is 1240 g/mol. The number of benzene rings is 8. The first kappa shape index (κ1) is 63.2. The van der Waals surface area contributed by atoms with Gasteiger partial charge in [-0.15, -0.1) is 0 Å². The van der Waals surface area contributed by atoms with Crippen LogP contribution in [0.15, 0.2) is 191 Å². The Morgan fingerprint density at radius 2 is 0.713 bits per heavy atom.